The van der Waals surface area contributed by atoms with Gasteiger partial charge < -0.3 is 14.6 Å². The van der Waals surface area contributed by atoms with Crippen molar-refractivity contribution >= 4 is 5.97 Å². The molecule has 1 aromatic heterocycles. The second-order valence-corrected chi connectivity index (χ2v) is 5.32. The predicted octanol–water partition coefficient (Wildman–Crippen LogP) is 1.40. The van der Waals surface area contributed by atoms with E-state index in [1.807, 2.05) is 0 Å². The van der Waals surface area contributed by atoms with E-state index in [-0.39, 0.29) is 0 Å². The molecule has 6 nitrogen and oxygen atoms in total. The third-order valence-corrected chi connectivity index (χ3v) is 3.81. The Morgan fingerprint density at radius 1 is 1.50 bits per heavy atom. The van der Waals surface area contributed by atoms with E-state index in [2.05, 4.69) is 9.88 Å². The summed E-state index contributed by atoms with van der Waals surface area (Å²) in [5.74, 6) is 0.502. The van der Waals surface area contributed by atoms with Crippen LogP contribution in [0, 0.1) is 5.41 Å². The smallest absolute Gasteiger partial charge is 0.310 e. The first-order valence-electron chi connectivity index (χ1n) is 6.52. The first kappa shape index (κ1) is 14.6. The first-order valence-corrected chi connectivity index (χ1v) is 6.52. The normalized spacial score (nSPS) is 22.8. The van der Waals surface area contributed by atoms with Gasteiger partial charge in [0.2, 0.25) is 0 Å². The number of likely N-dealkylation sites (tertiary alicyclic amines) is 1. The lowest BCUT2D eigenvalue weighted by molar-refractivity contribution is -0.147. The van der Waals surface area contributed by atoms with E-state index in [0.717, 1.165) is 12.2 Å². The van der Waals surface area contributed by atoms with Crippen LogP contribution in [0.1, 0.15) is 19.0 Å². The summed E-state index contributed by atoms with van der Waals surface area (Å²) in [7, 11) is 3.16. The van der Waals surface area contributed by atoms with Gasteiger partial charge in [-0.05, 0) is 19.9 Å². The summed E-state index contributed by atoms with van der Waals surface area (Å²) in [6.45, 7) is 3.60. The first-order chi connectivity index (χ1) is 9.50. The molecule has 1 fully saturated rings. The molecule has 0 aromatic carbocycles. The van der Waals surface area contributed by atoms with Crippen LogP contribution in [-0.2, 0) is 11.3 Å². The van der Waals surface area contributed by atoms with Crippen molar-refractivity contribution in [2.24, 2.45) is 5.41 Å². The third-order valence-electron chi connectivity index (χ3n) is 3.81. The van der Waals surface area contributed by atoms with E-state index >= 15 is 0 Å². The van der Waals surface area contributed by atoms with Crippen molar-refractivity contribution in [2.75, 3.05) is 27.3 Å². The molecule has 0 saturated carbocycles. The van der Waals surface area contributed by atoms with Crippen molar-refractivity contribution < 1.29 is 19.4 Å². The molecule has 1 atom stereocenters. The third kappa shape index (κ3) is 2.70. The van der Waals surface area contributed by atoms with Gasteiger partial charge in [0.05, 0.1) is 19.6 Å². The van der Waals surface area contributed by atoms with E-state index in [0.29, 0.717) is 31.0 Å². The van der Waals surface area contributed by atoms with Crippen molar-refractivity contribution in [3.63, 3.8) is 0 Å². The molecule has 0 spiro atoms. The van der Waals surface area contributed by atoms with Gasteiger partial charge in [-0.25, -0.2) is 0 Å². The second kappa shape index (κ2) is 5.66. The molecule has 1 unspecified atom stereocenters. The lowest BCUT2D eigenvalue weighted by Crippen LogP contribution is -2.31. The van der Waals surface area contributed by atoms with Crippen molar-refractivity contribution in [1.82, 2.24) is 9.88 Å². The number of hydrogen-bond donors (Lipinski definition) is 1. The molecule has 1 aliphatic rings. The summed E-state index contributed by atoms with van der Waals surface area (Å²) in [6.07, 6.45) is 2.32. The number of carboxylic acid groups (broad SMARTS) is 1. The Labute approximate surface area is 118 Å². The van der Waals surface area contributed by atoms with Crippen molar-refractivity contribution in [2.45, 2.75) is 19.9 Å². The summed E-state index contributed by atoms with van der Waals surface area (Å²) in [5.41, 5.74) is 0.0908. The molecule has 2 heterocycles. The SMILES string of the molecule is COc1ccnc(CN2CCC(C)(C(=O)O)C2)c1OC. The maximum absolute atomic E-state index is 11.3. The van der Waals surface area contributed by atoms with Gasteiger partial charge in [-0.1, -0.05) is 0 Å². The number of aliphatic carboxylic acids is 1. The Morgan fingerprint density at radius 3 is 2.80 bits per heavy atom. The molecule has 0 radical (unpaired) electrons. The quantitative estimate of drug-likeness (QED) is 0.879. The molecule has 6 heteroatoms. The van der Waals surface area contributed by atoms with Gasteiger partial charge in [0, 0.05) is 25.4 Å². The van der Waals surface area contributed by atoms with Crippen molar-refractivity contribution in [1.29, 1.82) is 0 Å². The van der Waals surface area contributed by atoms with Gasteiger partial charge in [-0.15, -0.1) is 0 Å². The molecule has 110 valence electrons. The largest absolute Gasteiger partial charge is 0.493 e. The lowest BCUT2D eigenvalue weighted by atomic mass is 9.90. The van der Waals surface area contributed by atoms with E-state index in [1.54, 1.807) is 33.4 Å². The van der Waals surface area contributed by atoms with Crippen LogP contribution in [0.5, 0.6) is 11.5 Å². The number of carbonyl (C=O) groups is 1. The van der Waals surface area contributed by atoms with Crippen LogP contribution < -0.4 is 9.47 Å². The summed E-state index contributed by atoms with van der Waals surface area (Å²) in [5, 5.41) is 9.25. The lowest BCUT2D eigenvalue weighted by Gasteiger charge is -2.20. The fourth-order valence-corrected chi connectivity index (χ4v) is 2.54. The number of pyridine rings is 1. The molecule has 1 saturated heterocycles. The number of rotatable bonds is 5. The van der Waals surface area contributed by atoms with Gasteiger partial charge in [0.25, 0.3) is 0 Å². The maximum atomic E-state index is 11.3. The topological polar surface area (TPSA) is 71.9 Å². The van der Waals surface area contributed by atoms with E-state index in [9.17, 15) is 9.90 Å². The number of hydrogen-bond acceptors (Lipinski definition) is 5. The minimum atomic E-state index is -0.745. The molecule has 0 amide bonds. The number of aromatic nitrogens is 1. The highest BCUT2D eigenvalue weighted by atomic mass is 16.5. The van der Waals surface area contributed by atoms with Gasteiger partial charge >= 0.3 is 5.97 Å². The van der Waals surface area contributed by atoms with Crippen LogP contribution in [-0.4, -0.2) is 48.3 Å². The molecule has 1 N–H and O–H groups in total. The van der Waals surface area contributed by atoms with Gasteiger partial charge in [-0.3, -0.25) is 14.7 Å². The second-order valence-electron chi connectivity index (χ2n) is 5.32. The number of carboxylic acids is 1. The molecule has 2 rings (SSSR count). The highest BCUT2D eigenvalue weighted by Crippen LogP contribution is 2.34. The molecule has 0 bridgehead atoms. The number of methoxy groups -OCH3 is 2. The zero-order valence-corrected chi connectivity index (χ0v) is 12.0. The summed E-state index contributed by atoms with van der Waals surface area (Å²) in [6, 6.07) is 1.74. The van der Waals surface area contributed by atoms with Crippen LogP contribution in [0.15, 0.2) is 12.3 Å². The van der Waals surface area contributed by atoms with Crippen LogP contribution in [0.2, 0.25) is 0 Å². The number of nitrogens with zero attached hydrogens (tertiary/aromatic N) is 2. The molecule has 20 heavy (non-hydrogen) atoms. The average molecular weight is 280 g/mol. The molecule has 0 aliphatic carbocycles. The van der Waals surface area contributed by atoms with E-state index in [1.165, 1.54) is 0 Å². The summed E-state index contributed by atoms with van der Waals surface area (Å²) < 4.78 is 10.6. The van der Waals surface area contributed by atoms with Gasteiger partial charge in [0.15, 0.2) is 11.5 Å². The Morgan fingerprint density at radius 2 is 2.25 bits per heavy atom. The standard InChI is InChI=1S/C14H20N2O4/c1-14(13(17)18)5-7-16(9-14)8-10-12(20-3)11(19-2)4-6-15-10/h4,6H,5,7-9H2,1-3H3,(H,17,18). The summed E-state index contributed by atoms with van der Waals surface area (Å²) >= 11 is 0. The maximum Gasteiger partial charge on any atom is 0.310 e. The zero-order valence-electron chi connectivity index (χ0n) is 12.0. The summed E-state index contributed by atoms with van der Waals surface area (Å²) in [4.78, 5) is 17.7. The van der Waals surface area contributed by atoms with Crippen molar-refractivity contribution in [3.8, 4) is 11.5 Å². The van der Waals surface area contributed by atoms with Crippen LogP contribution in [0.3, 0.4) is 0 Å². The number of ether oxygens (including phenoxy) is 2. The average Bonchev–Trinajstić information content (AvgIpc) is 2.81. The van der Waals surface area contributed by atoms with Crippen LogP contribution >= 0.6 is 0 Å². The van der Waals surface area contributed by atoms with Crippen LogP contribution in [0.25, 0.3) is 0 Å². The van der Waals surface area contributed by atoms with Gasteiger partial charge in [-0.2, -0.15) is 0 Å². The van der Waals surface area contributed by atoms with Crippen LogP contribution in [0.4, 0.5) is 0 Å². The minimum absolute atomic E-state index is 0.518. The highest BCUT2D eigenvalue weighted by Gasteiger charge is 2.40. The molecular formula is C14H20N2O4. The molecule has 1 aromatic rings. The van der Waals surface area contributed by atoms with Gasteiger partial charge in [0.1, 0.15) is 5.69 Å². The fraction of sp³-hybridized carbons (Fsp3) is 0.571. The monoisotopic (exact) mass is 280 g/mol. The predicted molar refractivity (Wildman–Crippen MR) is 73.0 cm³/mol. The Bertz CT molecular complexity index is 506. The van der Waals surface area contributed by atoms with Crippen molar-refractivity contribution in [3.05, 3.63) is 18.0 Å². The Balaban J connectivity index is 2.14. The Hall–Kier alpha value is -1.82. The minimum Gasteiger partial charge on any atom is -0.493 e. The molecule has 1 aliphatic heterocycles. The van der Waals surface area contributed by atoms with E-state index < -0.39 is 11.4 Å². The van der Waals surface area contributed by atoms with E-state index in [4.69, 9.17) is 9.47 Å². The molecular weight excluding hydrogens is 260 g/mol. The Kier molecular flexibility index (Phi) is 4.13. The zero-order chi connectivity index (χ0) is 14.8. The highest BCUT2D eigenvalue weighted by molar-refractivity contribution is 5.74. The fourth-order valence-electron chi connectivity index (χ4n) is 2.54.